The molecule has 0 radical (unpaired) electrons. The molecule has 0 saturated carbocycles. The molecule has 0 unspecified atom stereocenters. The Morgan fingerprint density at radius 2 is 2.00 bits per heavy atom. The van der Waals surface area contributed by atoms with Gasteiger partial charge in [-0.3, -0.25) is 4.79 Å². The third-order valence-electron chi connectivity index (χ3n) is 3.51. The molecular formula is C15H10N4O. The summed E-state index contributed by atoms with van der Waals surface area (Å²) in [4.78, 5) is 11.4. The number of aromatic nitrogens is 3. The lowest BCUT2D eigenvalue weighted by molar-refractivity contribution is 0.100. The molecule has 96 valence electrons. The van der Waals surface area contributed by atoms with Crippen molar-refractivity contribution in [1.82, 2.24) is 14.8 Å². The van der Waals surface area contributed by atoms with Gasteiger partial charge in [0.15, 0.2) is 0 Å². The van der Waals surface area contributed by atoms with Crippen molar-refractivity contribution < 1.29 is 4.79 Å². The number of pyridine rings is 1. The fourth-order valence-electron chi connectivity index (χ4n) is 2.53. The molecule has 1 aliphatic carbocycles. The number of nitrogens with two attached hydrogens (primary N) is 1. The second kappa shape index (κ2) is 3.77. The number of carbonyl (C=O) groups excluding carboxylic acids is 1. The topological polar surface area (TPSA) is 73.3 Å². The van der Waals surface area contributed by atoms with Crippen LogP contribution in [0, 0.1) is 0 Å². The van der Waals surface area contributed by atoms with Crippen LogP contribution in [0.1, 0.15) is 21.5 Å². The Labute approximate surface area is 114 Å². The van der Waals surface area contributed by atoms with E-state index in [9.17, 15) is 4.79 Å². The Morgan fingerprint density at radius 1 is 1.15 bits per heavy atom. The summed E-state index contributed by atoms with van der Waals surface area (Å²) >= 11 is 0. The molecule has 0 aliphatic heterocycles. The van der Waals surface area contributed by atoms with Gasteiger partial charge in [0.2, 0.25) is 5.91 Å². The molecule has 0 bridgehead atoms. The van der Waals surface area contributed by atoms with Gasteiger partial charge in [0.25, 0.3) is 0 Å². The lowest BCUT2D eigenvalue weighted by Gasteiger charge is -2.04. The summed E-state index contributed by atoms with van der Waals surface area (Å²) in [6.07, 6.45) is 5.89. The molecule has 0 fully saturated rings. The fourth-order valence-corrected chi connectivity index (χ4v) is 2.53. The summed E-state index contributed by atoms with van der Waals surface area (Å²) in [5.41, 5.74) is 10.4. The first-order chi connectivity index (χ1) is 9.74. The molecule has 2 N–H and O–H groups in total. The van der Waals surface area contributed by atoms with Gasteiger partial charge >= 0.3 is 0 Å². The van der Waals surface area contributed by atoms with Gasteiger partial charge in [0, 0.05) is 22.9 Å². The van der Waals surface area contributed by atoms with Gasteiger partial charge in [-0.15, -0.1) is 5.10 Å². The molecule has 2 heterocycles. The second-order valence-corrected chi connectivity index (χ2v) is 4.69. The van der Waals surface area contributed by atoms with Crippen molar-refractivity contribution in [2.24, 2.45) is 5.73 Å². The highest BCUT2D eigenvalue weighted by Crippen LogP contribution is 2.33. The van der Waals surface area contributed by atoms with Crippen molar-refractivity contribution in [1.29, 1.82) is 0 Å². The summed E-state index contributed by atoms with van der Waals surface area (Å²) in [6, 6.07) is 9.31. The summed E-state index contributed by atoms with van der Waals surface area (Å²) in [7, 11) is 0. The van der Waals surface area contributed by atoms with Gasteiger partial charge < -0.3 is 5.73 Å². The number of fused-ring (bicyclic) bond motifs is 2. The molecule has 5 nitrogen and oxygen atoms in total. The molecule has 2 aromatic heterocycles. The molecule has 0 spiro atoms. The number of nitrogens with zero attached hydrogens (tertiary/aromatic N) is 3. The first-order valence-electron chi connectivity index (χ1n) is 6.20. The maximum atomic E-state index is 11.4. The summed E-state index contributed by atoms with van der Waals surface area (Å²) in [6.45, 7) is 0. The standard InChI is InChI=1S/C15H10N4O/c16-15(20)11-6-4-9-3-5-10-2-1-7-19-14(10)13(17-18-19)12(9)8-11/h1-8H,(H2,16,20). The van der Waals surface area contributed by atoms with Crippen LogP contribution in [0.2, 0.25) is 0 Å². The highest BCUT2D eigenvalue weighted by molar-refractivity contribution is 5.99. The average molecular weight is 262 g/mol. The van der Waals surface area contributed by atoms with Crippen molar-refractivity contribution in [3.8, 4) is 11.3 Å². The molecule has 5 heteroatoms. The minimum Gasteiger partial charge on any atom is -0.366 e. The first-order valence-corrected chi connectivity index (χ1v) is 6.20. The largest absolute Gasteiger partial charge is 0.366 e. The zero-order chi connectivity index (χ0) is 13.7. The fraction of sp³-hybridized carbons (Fsp3) is 0. The van der Waals surface area contributed by atoms with Gasteiger partial charge in [-0.25, -0.2) is 4.52 Å². The number of carbonyl (C=O) groups is 1. The predicted molar refractivity (Wildman–Crippen MR) is 75.9 cm³/mol. The highest BCUT2D eigenvalue weighted by Gasteiger charge is 2.18. The van der Waals surface area contributed by atoms with Crippen LogP contribution in [0.3, 0.4) is 0 Å². The molecule has 4 rings (SSSR count). The first kappa shape index (κ1) is 10.9. The van der Waals surface area contributed by atoms with Gasteiger partial charge in [-0.2, -0.15) is 0 Å². The Morgan fingerprint density at radius 3 is 2.85 bits per heavy atom. The van der Waals surface area contributed by atoms with E-state index < -0.39 is 5.91 Å². The van der Waals surface area contributed by atoms with Crippen molar-refractivity contribution in [3.63, 3.8) is 0 Å². The maximum absolute atomic E-state index is 11.4. The SMILES string of the molecule is NC(=O)c1ccc2c(c1)-c1nnn3cccc(c13)C=C2. The van der Waals surface area contributed by atoms with Crippen LogP contribution in [-0.4, -0.2) is 20.7 Å². The Bertz CT molecular complexity index is 892. The molecule has 1 aliphatic rings. The quantitative estimate of drug-likeness (QED) is 0.570. The van der Waals surface area contributed by atoms with E-state index in [1.807, 2.05) is 36.5 Å². The minimum absolute atomic E-state index is 0.447. The summed E-state index contributed by atoms with van der Waals surface area (Å²) < 4.78 is 1.74. The van der Waals surface area contributed by atoms with Crippen LogP contribution in [0.4, 0.5) is 0 Å². The van der Waals surface area contributed by atoms with E-state index in [4.69, 9.17) is 5.73 Å². The normalized spacial score (nSPS) is 12.2. The Balaban J connectivity index is 2.11. The smallest absolute Gasteiger partial charge is 0.248 e. The van der Waals surface area contributed by atoms with E-state index in [2.05, 4.69) is 10.3 Å². The van der Waals surface area contributed by atoms with Crippen LogP contribution in [0.25, 0.3) is 28.9 Å². The van der Waals surface area contributed by atoms with E-state index >= 15 is 0 Å². The van der Waals surface area contributed by atoms with Gasteiger partial charge in [0.05, 0.1) is 0 Å². The lowest BCUT2D eigenvalue weighted by atomic mass is 10.0. The number of rotatable bonds is 1. The maximum Gasteiger partial charge on any atom is 0.248 e. The summed E-state index contributed by atoms with van der Waals surface area (Å²) in [5, 5.41) is 8.37. The Kier molecular flexibility index (Phi) is 2.06. The van der Waals surface area contributed by atoms with E-state index in [-0.39, 0.29) is 0 Å². The lowest BCUT2D eigenvalue weighted by Crippen LogP contribution is -2.10. The predicted octanol–water partition coefficient (Wildman–Crippen LogP) is 1.98. The summed E-state index contributed by atoms with van der Waals surface area (Å²) in [5.74, 6) is -0.447. The minimum atomic E-state index is -0.447. The van der Waals surface area contributed by atoms with Crippen LogP contribution < -0.4 is 5.73 Å². The van der Waals surface area contributed by atoms with E-state index in [0.29, 0.717) is 5.56 Å². The molecule has 3 aromatic rings. The molecule has 1 amide bonds. The van der Waals surface area contributed by atoms with Crippen molar-refractivity contribution in [3.05, 3.63) is 53.2 Å². The monoisotopic (exact) mass is 262 g/mol. The van der Waals surface area contributed by atoms with Crippen LogP contribution in [0.5, 0.6) is 0 Å². The van der Waals surface area contributed by atoms with E-state index in [0.717, 1.165) is 27.9 Å². The Hall–Kier alpha value is -2.95. The number of amides is 1. The third-order valence-corrected chi connectivity index (χ3v) is 3.51. The van der Waals surface area contributed by atoms with E-state index in [1.54, 1.807) is 16.6 Å². The van der Waals surface area contributed by atoms with Crippen molar-refractivity contribution >= 4 is 23.6 Å². The second-order valence-electron chi connectivity index (χ2n) is 4.69. The van der Waals surface area contributed by atoms with Crippen LogP contribution in [-0.2, 0) is 0 Å². The zero-order valence-electron chi connectivity index (χ0n) is 10.4. The van der Waals surface area contributed by atoms with Crippen LogP contribution in [0.15, 0.2) is 36.5 Å². The number of hydrogen-bond acceptors (Lipinski definition) is 3. The number of benzene rings is 1. The average Bonchev–Trinajstić information content (AvgIpc) is 2.81. The number of primary amides is 1. The highest BCUT2D eigenvalue weighted by atomic mass is 16.1. The van der Waals surface area contributed by atoms with Gasteiger partial charge in [0.1, 0.15) is 11.2 Å². The molecular weight excluding hydrogens is 252 g/mol. The van der Waals surface area contributed by atoms with Crippen molar-refractivity contribution in [2.75, 3.05) is 0 Å². The van der Waals surface area contributed by atoms with E-state index in [1.165, 1.54) is 0 Å². The molecule has 0 atom stereocenters. The third kappa shape index (κ3) is 1.40. The van der Waals surface area contributed by atoms with Gasteiger partial charge in [-0.05, 0) is 23.8 Å². The molecule has 0 saturated heterocycles. The van der Waals surface area contributed by atoms with Gasteiger partial charge in [-0.1, -0.05) is 29.5 Å². The van der Waals surface area contributed by atoms with Crippen LogP contribution >= 0.6 is 0 Å². The number of hydrogen-bond donors (Lipinski definition) is 1. The zero-order valence-corrected chi connectivity index (χ0v) is 10.4. The molecule has 1 aromatic carbocycles. The van der Waals surface area contributed by atoms with Crippen molar-refractivity contribution in [2.45, 2.75) is 0 Å². The molecule has 20 heavy (non-hydrogen) atoms.